The Balaban J connectivity index is 2.26. The zero-order valence-corrected chi connectivity index (χ0v) is 11.1. The number of aromatic nitrogens is 2. The van der Waals surface area contributed by atoms with E-state index in [9.17, 15) is 10.1 Å². The van der Waals surface area contributed by atoms with E-state index in [0.717, 1.165) is 32.1 Å². The molecule has 1 aliphatic rings. The summed E-state index contributed by atoms with van der Waals surface area (Å²) in [5.41, 5.74) is 0.0142. The molecular formula is C14H16N4O2. The van der Waals surface area contributed by atoms with E-state index >= 15 is 0 Å². The minimum Gasteiger partial charge on any atom is -0.358 e. The maximum absolute atomic E-state index is 10.9. The van der Waals surface area contributed by atoms with Crippen molar-refractivity contribution >= 4 is 5.82 Å². The molecule has 0 aromatic carbocycles. The molecule has 20 heavy (non-hydrogen) atoms. The molecule has 0 fully saturated rings. The summed E-state index contributed by atoms with van der Waals surface area (Å²) in [6.45, 7) is 0. The van der Waals surface area contributed by atoms with Crippen molar-refractivity contribution in [1.82, 2.24) is 9.78 Å². The van der Waals surface area contributed by atoms with Crippen LogP contribution in [0.1, 0.15) is 43.7 Å². The lowest BCUT2D eigenvalue weighted by atomic mass is 10.1. The van der Waals surface area contributed by atoms with Gasteiger partial charge >= 0.3 is 5.82 Å². The summed E-state index contributed by atoms with van der Waals surface area (Å²) < 4.78 is 1.54. The molecule has 2 rings (SSSR count). The van der Waals surface area contributed by atoms with Gasteiger partial charge in [-0.05, 0) is 30.6 Å². The maximum atomic E-state index is 10.9. The topological polar surface area (TPSA) is 84.8 Å². The summed E-state index contributed by atoms with van der Waals surface area (Å²) in [5, 5.41) is 23.7. The molecule has 104 valence electrons. The zero-order chi connectivity index (χ0) is 14.4. The lowest BCUT2D eigenvalue weighted by Gasteiger charge is -2.10. The Hall–Kier alpha value is -2.42. The highest BCUT2D eigenvalue weighted by molar-refractivity contribution is 5.41. The molecule has 0 aliphatic heterocycles. The molecule has 6 heteroatoms. The number of hydrogen-bond acceptors (Lipinski definition) is 4. The highest BCUT2D eigenvalue weighted by Crippen LogP contribution is 2.23. The van der Waals surface area contributed by atoms with Gasteiger partial charge < -0.3 is 10.1 Å². The Labute approximate surface area is 117 Å². The van der Waals surface area contributed by atoms with Crippen molar-refractivity contribution in [2.45, 2.75) is 38.1 Å². The molecule has 0 amide bonds. The van der Waals surface area contributed by atoms with Crippen LogP contribution in [0.2, 0.25) is 0 Å². The summed E-state index contributed by atoms with van der Waals surface area (Å²) in [6.07, 6.45) is 14.7. The van der Waals surface area contributed by atoms with Crippen LogP contribution in [0.3, 0.4) is 0 Å². The van der Waals surface area contributed by atoms with Crippen molar-refractivity contribution in [3.05, 3.63) is 46.2 Å². The van der Waals surface area contributed by atoms with Gasteiger partial charge in [-0.15, -0.1) is 0 Å². The lowest BCUT2D eigenvalue weighted by molar-refractivity contribution is -0.390. The van der Waals surface area contributed by atoms with Gasteiger partial charge in [0, 0.05) is 0 Å². The fraction of sp³-hybridized carbons (Fsp3) is 0.429. The summed E-state index contributed by atoms with van der Waals surface area (Å²) in [6, 6.07) is 1.80. The smallest absolute Gasteiger partial charge is 0.358 e. The van der Waals surface area contributed by atoms with Crippen LogP contribution in [0.4, 0.5) is 5.82 Å². The number of nitrogens with zero attached hydrogens (tertiary/aromatic N) is 4. The van der Waals surface area contributed by atoms with Crippen LogP contribution >= 0.6 is 0 Å². The van der Waals surface area contributed by atoms with E-state index in [1.165, 1.54) is 6.20 Å². The summed E-state index contributed by atoms with van der Waals surface area (Å²) in [4.78, 5) is 10.2. The molecule has 0 bridgehead atoms. The number of rotatable bonds is 2. The lowest BCUT2D eigenvalue weighted by Crippen LogP contribution is -2.08. The second kappa shape index (κ2) is 6.66. The third-order valence-electron chi connectivity index (χ3n) is 3.26. The first-order valence-electron chi connectivity index (χ1n) is 6.67. The molecule has 0 N–H and O–H groups in total. The van der Waals surface area contributed by atoms with E-state index in [-0.39, 0.29) is 17.4 Å². The third kappa shape index (κ3) is 3.32. The molecule has 1 aliphatic carbocycles. The molecule has 6 nitrogen and oxygen atoms in total. The highest BCUT2D eigenvalue weighted by Gasteiger charge is 2.23. The predicted molar refractivity (Wildman–Crippen MR) is 74.0 cm³/mol. The SMILES string of the molecule is N#Cc1cn(C2C=CCC=CCCCC2)nc1[N+](=O)[O-]. The molecule has 1 aromatic rings. The summed E-state index contributed by atoms with van der Waals surface area (Å²) in [5.74, 6) is -0.363. The largest absolute Gasteiger partial charge is 0.407 e. The van der Waals surface area contributed by atoms with Gasteiger partial charge in [0.05, 0.1) is 17.3 Å². The van der Waals surface area contributed by atoms with Gasteiger partial charge in [0.25, 0.3) is 0 Å². The van der Waals surface area contributed by atoms with E-state index < -0.39 is 4.92 Å². The Bertz CT molecular complexity index is 580. The van der Waals surface area contributed by atoms with Crippen molar-refractivity contribution in [2.75, 3.05) is 0 Å². The Morgan fingerprint density at radius 3 is 2.95 bits per heavy atom. The van der Waals surface area contributed by atoms with Crippen LogP contribution in [0.5, 0.6) is 0 Å². The third-order valence-corrected chi connectivity index (χ3v) is 3.26. The van der Waals surface area contributed by atoms with Crippen molar-refractivity contribution in [3.8, 4) is 6.07 Å². The normalized spacial score (nSPS) is 19.4. The molecule has 1 unspecified atom stereocenters. The fourth-order valence-electron chi connectivity index (χ4n) is 2.23. The van der Waals surface area contributed by atoms with Gasteiger partial charge in [-0.2, -0.15) is 9.94 Å². The van der Waals surface area contributed by atoms with Crippen molar-refractivity contribution in [1.29, 1.82) is 5.26 Å². The molecule has 0 spiro atoms. The van der Waals surface area contributed by atoms with Crippen molar-refractivity contribution < 1.29 is 4.92 Å². The van der Waals surface area contributed by atoms with Crippen LogP contribution in [0.25, 0.3) is 0 Å². The molecule has 0 saturated carbocycles. The monoisotopic (exact) mass is 272 g/mol. The summed E-state index contributed by atoms with van der Waals surface area (Å²) in [7, 11) is 0. The first-order valence-corrected chi connectivity index (χ1v) is 6.67. The molecule has 1 atom stereocenters. The summed E-state index contributed by atoms with van der Waals surface area (Å²) >= 11 is 0. The van der Waals surface area contributed by atoms with Crippen LogP contribution in [-0.2, 0) is 0 Å². The van der Waals surface area contributed by atoms with Gasteiger partial charge in [0.1, 0.15) is 6.07 Å². The molecular weight excluding hydrogens is 256 g/mol. The molecule has 1 heterocycles. The van der Waals surface area contributed by atoms with Gasteiger partial charge in [-0.1, -0.05) is 30.7 Å². The predicted octanol–water partition coefficient (Wildman–Crippen LogP) is 3.28. The van der Waals surface area contributed by atoms with Gasteiger partial charge in [-0.25, -0.2) is 0 Å². The fourth-order valence-corrected chi connectivity index (χ4v) is 2.23. The van der Waals surface area contributed by atoms with Crippen molar-refractivity contribution in [3.63, 3.8) is 0 Å². The second-order valence-corrected chi connectivity index (χ2v) is 4.70. The van der Waals surface area contributed by atoms with Crippen LogP contribution in [0.15, 0.2) is 30.5 Å². The number of allylic oxidation sites excluding steroid dienone is 4. The van der Waals surface area contributed by atoms with E-state index in [1.807, 2.05) is 18.2 Å². The Morgan fingerprint density at radius 1 is 1.40 bits per heavy atom. The van der Waals surface area contributed by atoms with Crippen molar-refractivity contribution in [2.24, 2.45) is 0 Å². The standard InChI is InChI=1S/C14H16N4O2/c15-10-12-11-17(16-14(12)18(19)20)13-8-6-4-2-1-3-5-7-9-13/h1-2,6,8,11,13H,3-5,7,9H2. The first-order chi connectivity index (χ1) is 9.72. The van der Waals surface area contributed by atoms with Crippen LogP contribution in [-0.4, -0.2) is 14.7 Å². The van der Waals surface area contributed by atoms with E-state index in [4.69, 9.17) is 5.26 Å². The number of hydrogen-bond donors (Lipinski definition) is 0. The van der Waals surface area contributed by atoms with Crippen LogP contribution < -0.4 is 0 Å². The Kier molecular flexibility index (Phi) is 4.66. The maximum Gasteiger partial charge on any atom is 0.407 e. The van der Waals surface area contributed by atoms with E-state index in [2.05, 4.69) is 17.3 Å². The average molecular weight is 272 g/mol. The number of nitro groups is 1. The molecule has 1 aromatic heterocycles. The van der Waals surface area contributed by atoms with Crippen LogP contribution in [0, 0.1) is 21.4 Å². The Morgan fingerprint density at radius 2 is 2.25 bits per heavy atom. The van der Waals surface area contributed by atoms with Gasteiger partial charge in [0.2, 0.25) is 0 Å². The first kappa shape index (κ1) is 14.0. The number of nitriles is 1. The van der Waals surface area contributed by atoms with E-state index in [0.29, 0.717) is 0 Å². The van der Waals surface area contributed by atoms with Gasteiger partial charge in [0.15, 0.2) is 5.56 Å². The minimum absolute atomic E-state index is 0.0142. The quantitative estimate of drug-likeness (QED) is 0.469. The van der Waals surface area contributed by atoms with Gasteiger partial charge in [-0.3, -0.25) is 0 Å². The molecule has 0 saturated heterocycles. The second-order valence-electron chi connectivity index (χ2n) is 4.70. The molecule has 0 radical (unpaired) electrons. The minimum atomic E-state index is -0.609. The highest BCUT2D eigenvalue weighted by atomic mass is 16.6. The average Bonchev–Trinajstić information content (AvgIpc) is 2.89. The zero-order valence-electron chi connectivity index (χ0n) is 11.1. The van der Waals surface area contributed by atoms with E-state index in [1.54, 1.807) is 4.68 Å².